The van der Waals surface area contributed by atoms with Crippen LogP contribution in [0.15, 0.2) is 12.3 Å². The summed E-state index contributed by atoms with van der Waals surface area (Å²) in [5, 5.41) is 0. The Bertz CT molecular complexity index is 127. The third-order valence-corrected chi connectivity index (χ3v) is 2.38. The molecule has 0 saturated carbocycles. The van der Waals surface area contributed by atoms with Crippen molar-refractivity contribution in [2.45, 2.75) is 58.3 Å². The molecule has 0 N–H and O–H groups in total. The molecule has 14 heavy (non-hydrogen) atoms. The smallest absolute Gasteiger partial charge is 0.00555 e. The van der Waals surface area contributed by atoms with Crippen molar-refractivity contribution in [2.75, 3.05) is 14.1 Å². The van der Waals surface area contributed by atoms with E-state index in [2.05, 4.69) is 38.2 Å². The highest BCUT2D eigenvalue weighted by molar-refractivity contribution is 4.78. The van der Waals surface area contributed by atoms with Crippen molar-refractivity contribution in [1.29, 1.82) is 0 Å². The summed E-state index contributed by atoms with van der Waals surface area (Å²) in [4.78, 5) is 2.10. The van der Waals surface area contributed by atoms with E-state index in [4.69, 9.17) is 0 Å². The summed E-state index contributed by atoms with van der Waals surface area (Å²) in [6.45, 7) is 2.27. The minimum Gasteiger partial charge on any atom is -0.384 e. The second-order valence-electron chi connectivity index (χ2n) is 4.26. The van der Waals surface area contributed by atoms with Gasteiger partial charge < -0.3 is 4.90 Å². The fraction of sp³-hybridized carbons (Fsp3) is 0.846. The first-order chi connectivity index (χ1) is 6.77. The fourth-order valence-corrected chi connectivity index (χ4v) is 1.50. The van der Waals surface area contributed by atoms with Crippen molar-refractivity contribution < 1.29 is 0 Å². The van der Waals surface area contributed by atoms with Crippen LogP contribution in [0.4, 0.5) is 0 Å². The van der Waals surface area contributed by atoms with E-state index in [0.717, 1.165) is 0 Å². The quantitative estimate of drug-likeness (QED) is 0.501. The first kappa shape index (κ1) is 13.5. The summed E-state index contributed by atoms with van der Waals surface area (Å²) in [6, 6.07) is 0. The highest BCUT2D eigenvalue weighted by atomic mass is 15.0. The van der Waals surface area contributed by atoms with Crippen LogP contribution >= 0.6 is 0 Å². The molecule has 0 aliphatic heterocycles. The van der Waals surface area contributed by atoms with E-state index >= 15 is 0 Å². The Morgan fingerprint density at radius 3 is 2.00 bits per heavy atom. The molecule has 0 bridgehead atoms. The van der Waals surface area contributed by atoms with Gasteiger partial charge in [0.25, 0.3) is 0 Å². The molecule has 0 spiro atoms. The van der Waals surface area contributed by atoms with Crippen LogP contribution in [0.5, 0.6) is 0 Å². The molecule has 84 valence electrons. The number of allylic oxidation sites excluding steroid dienone is 1. The van der Waals surface area contributed by atoms with Gasteiger partial charge in [0, 0.05) is 14.1 Å². The van der Waals surface area contributed by atoms with Gasteiger partial charge in [-0.1, -0.05) is 51.5 Å². The Morgan fingerprint density at radius 1 is 0.857 bits per heavy atom. The monoisotopic (exact) mass is 197 g/mol. The molecule has 0 heterocycles. The van der Waals surface area contributed by atoms with Crippen LogP contribution in [0.1, 0.15) is 58.3 Å². The summed E-state index contributed by atoms with van der Waals surface area (Å²) < 4.78 is 0. The number of nitrogens with zero attached hydrogens (tertiary/aromatic N) is 1. The molecular formula is C13H27N. The topological polar surface area (TPSA) is 3.24 Å². The third kappa shape index (κ3) is 11.5. The van der Waals surface area contributed by atoms with Gasteiger partial charge in [0.1, 0.15) is 0 Å². The molecule has 1 nitrogen and oxygen atoms in total. The normalized spacial score (nSPS) is 11.1. The molecule has 0 rings (SSSR count). The molecule has 0 unspecified atom stereocenters. The van der Waals surface area contributed by atoms with Gasteiger partial charge in [-0.05, 0) is 19.0 Å². The van der Waals surface area contributed by atoms with Crippen LogP contribution in [-0.2, 0) is 0 Å². The molecule has 1 heteroatoms. The number of hydrogen-bond acceptors (Lipinski definition) is 1. The lowest BCUT2D eigenvalue weighted by Gasteiger charge is -2.03. The van der Waals surface area contributed by atoms with Crippen molar-refractivity contribution in [3.8, 4) is 0 Å². The lowest BCUT2D eigenvalue weighted by Crippen LogP contribution is -1.99. The summed E-state index contributed by atoms with van der Waals surface area (Å²) in [7, 11) is 4.14. The van der Waals surface area contributed by atoms with Crippen LogP contribution in [-0.4, -0.2) is 19.0 Å². The number of rotatable bonds is 9. The zero-order valence-corrected chi connectivity index (χ0v) is 10.3. The lowest BCUT2D eigenvalue weighted by molar-refractivity contribution is 0.556. The largest absolute Gasteiger partial charge is 0.384 e. The van der Waals surface area contributed by atoms with Crippen LogP contribution in [0.25, 0.3) is 0 Å². The van der Waals surface area contributed by atoms with Gasteiger partial charge in [-0.15, -0.1) is 0 Å². The highest BCUT2D eigenvalue weighted by Gasteiger charge is 1.89. The van der Waals surface area contributed by atoms with Crippen LogP contribution in [0, 0.1) is 0 Å². The molecule has 0 fully saturated rings. The molecule has 0 aromatic carbocycles. The van der Waals surface area contributed by atoms with E-state index in [1.165, 1.54) is 51.4 Å². The van der Waals surface area contributed by atoms with Crippen molar-refractivity contribution in [3.05, 3.63) is 12.3 Å². The number of hydrogen-bond donors (Lipinski definition) is 0. The van der Waals surface area contributed by atoms with Gasteiger partial charge in [0.15, 0.2) is 0 Å². The maximum atomic E-state index is 2.27. The van der Waals surface area contributed by atoms with Crippen molar-refractivity contribution in [1.82, 2.24) is 4.90 Å². The van der Waals surface area contributed by atoms with E-state index in [-0.39, 0.29) is 0 Å². The third-order valence-electron chi connectivity index (χ3n) is 2.38. The molecule has 0 atom stereocenters. The lowest BCUT2D eigenvalue weighted by atomic mass is 10.1. The van der Waals surface area contributed by atoms with E-state index in [0.29, 0.717) is 0 Å². The average molecular weight is 197 g/mol. The van der Waals surface area contributed by atoms with Gasteiger partial charge in [-0.2, -0.15) is 0 Å². The first-order valence-corrected chi connectivity index (χ1v) is 6.10. The van der Waals surface area contributed by atoms with Gasteiger partial charge in [0.2, 0.25) is 0 Å². The minimum atomic E-state index is 1.24. The Balaban J connectivity index is 2.99. The molecule has 0 aliphatic carbocycles. The summed E-state index contributed by atoms with van der Waals surface area (Å²) in [5.41, 5.74) is 0. The van der Waals surface area contributed by atoms with Crippen molar-refractivity contribution in [2.24, 2.45) is 0 Å². The van der Waals surface area contributed by atoms with Gasteiger partial charge in [0.05, 0.1) is 0 Å². The van der Waals surface area contributed by atoms with E-state index in [9.17, 15) is 0 Å². The average Bonchev–Trinajstić information content (AvgIpc) is 2.15. The van der Waals surface area contributed by atoms with Crippen LogP contribution in [0.2, 0.25) is 0 Å². The predicted molar refractivity (Wildman–Crippen MR) is 65.4 cm³/mol. The Kier molecular flexibility index (Phi) is 10.3. The van der Waals surface area contributed by atoms with Gasteiger partial charge >= 0.3 is 0 Å². The summed E-state index contributed by atoms with van der Waals surface area (Å²) in [6.07, 6.45) is 15.5. The van der Waals surface area contributed by atoms with E-state index < -0.39 is 0 Å². The summed E-state index contributed by atoms with van der Waals surface area (Å²) >= 11 is 0. The number of unbranched alkanes of at least 4 members (excludes halogenated alkanes) is 7. The van der Waals surface area contributed by atoms with Crippen LogP contribution < -0.4 is 0 Å². The summed E-state index contributed by atoms with van der Waals surface area (Å²) in [5.74, 6) is 0. The molecule has 0 saturated heterocycles. The standard InChI is InChI=1S/C13H27N/c1-4-5-6-7-8-9-10-11-12-13-14(2)3/h12-13H,4-11H2,1-3H3. The Labute approximate surface area is 90.2 Å². The first-order valence-electron chi connectivity index (χ1n) is 6.10. The predicted octanol–water partition coefficient (Wildman–Crippen LogP) is 4.20. The molecule has 0 aromatic heterocycles. The van der Waals surface area contributed by atoms with E-state index in [1.54, 1.807) is 0 Å². The maximum absolute atomic E-state index is 2.27. The molecule has 0 aromatic rings. The zero-order valence-electron chi connectivity index (χ0n) is 10.3. The van der Waals surface area contributed by atoms with Gasteiger partial charge in [-0.3, -0.25) is 0 Å². The van der Waals surface area contributed by atoms with Gasteiger partial charge in [-0.25, -0.2) is 0 Å². The van der Waals surface area contributed by atoms with E-state index in [1.807, 2.05) is 0 Å². The van der Waals surface area contributed by atoms with Crippen molar-refractivity contribution >= 4 is 0 Å². The zero-order chi connectivity index (χ0) is 10.6. The molecule has 0 amide bonds. The fourth-order valence-electron chi connectivity index (χ4n) is 1.50. The Morgan fingerprint density at radius 2 is 1.43 bits per heavy atom. The Hall–Kier alpha value is -0.460. The molecular weight excluding hydrogens is 170 g/mol. The molecule has 0 aliphatic rings. The van der Waals surface area contributed by atoms with Crippen molar-refractivity contribution in [3.63, 3.8) is 0 Å². The minimum absolute atomic E-state index is 1.24. The highest BCUT2D eigenvalue weighted by Crippen LogP contribution is 2.08. The second-order valence-corrected chi connectivity index (χ2v) is 4.26. The second kappa shape index (κ2) is 10.6. The van der Waals surface area contributed by atoms with Crippen LogP contribution in [0.3, 0.4) is 0 Å². The maximum Gasteiger partial charge on any atom is 0.00555 e. The SMILES string of the molecule is CCCCCCCCCC=CN(C)C. The molecule has 0 radical (unpaired) electrons.